The Kier molecular flexibility index (Phi) is 7.43. The van der Waals surface area contributed by atoms with Crippen LogP contribution in [0.4, 0.5) is 17.1 Å². The van der Waals surface area contributed by atoms with Crippen LogP contribution in [-0.2, 0) is 5.41 Å². The molecule has 11 rings (SSSR count). The minimum atomic E-state index is -0.372. The van der Waals surface area contributed by atoms with E-state index in [1.807, 2.05) is 18.5 Å². The molecule has 0 amide bonds. The third-order valence-electron chi connectivity index (χ3n) is 11.8. The van der Waals surface area contributed by atoms with Crippen LogP contribution < -0.4 is 4.90 Å². The SMILES string of the molecule is c1ccc(N(c2ccc(-c3cccnc3)cc2)c2ccc(-c3ccccc3-c3cccc4c3-c3ccccc3C43c4ccccc4-c4ccccc43)cc2)cc1. The molecule has 0 unspecified atom stereocenters. The summed E-state index contributed by atoms with van der Waals surface area (Å²) in [6.07, 6.45) is 3.72. The molecule has 0 N–H and O–H groups in total. The number of hydrogen-bond donors (Lipinski definition) is 0. The van der Waals surface area contributed by atoms with Crippen LogP contribution in [-0.4, -0.2) is 4.98 Å². The van der Waals surface area contributed by atoms with Crippen LogP contribution in [0.3, 0.4) is 0 Å². The molecule has 9 aromatic rings. The second kappa shape index (κ2) is 12.9. The first-order valence-corrected chi connectivity index (χ1v) is 19.3. The summed E-state index contributed by atoms with van der Waals surface area (Å²) in [5, 5.41) is 0. The van der Waals surface area contributed by atoms with E-state index in [1.54, 1.807) is 0 Å². The van der Waals surface area contributed by atoms with Crippen LogP contribution in [0.25, 0.3) is 55.6 Å². The van der Waals surface area contributed by atoms with Gasteiger partial charge in [0, 0.05) is 29.5 Å². The monoisotopic (exact) mass is 712 g/mol. The smallest absolute Gasteiger partial charge is 0.0725 e. The molecule has 0 fully saturated rings. The maximum atomic E-state index is 4.32. The molecule has 0 saturated heterocycles. The summed E-state index contributed by atoms with van der Waals surface area (Å²) in [6.45, 7) is 0. The van der Waals surface area contributed by atoms with E-state index in [0.29, 0.717) is 0 Å². The third-order valence-corrected chi connectivity index (χ3v) is 11.8. The lowest BCUT2D eigenvalue weighted by atomic mass is 9.70. The highest BCUT2D eigenvalue weighted by molar-refractivity contribution is 6.02. The van der Waals surface area contributed by atoms with Crippen molar-refractivity contribution in [2.45, 2.75) is 5.41 Å². The lowest BCUT2D eigenvalue weighted by Gasteiger charge is -2.30. The van der Waals surface area contributed by atoms with Crippen LogP contribution in [0.1, 0.15) is 22.3 Å². The number of hydrogen-bond acceptors (Lipinski definition) is 2. The molecule has 1 heterocycles. The molecular weight excluding hydrogens is 677 g/mol. The normalized spacial score (nSPS) is 12.8. The molecule has 262 valence electrons. The second-order valence-electron chi connectivity index (χ2n) is 14.7. The Morgan fingerprint density at radius 2 is 0.786 bits per heavy atom. The maximum Gasteiger partial charge on any atom is 0.0725 e. The lowest BCUT2D eigenvalue weighted by molar-refractivity contribution is 0.794. The van der Waals surface area contributed by atoms with Crippen molar-refractivity contribution in [3.8, 4) is 55.6 Å². The number of para-hydroxylation sites is 1. The lowest BCUT2D eigenvalue weighted by Crippen LogP contribution is -2.25. The quantitative estimate of drug-likeness (QED) is 0.171. The van der Waals surface area contributed by atoms with Crippen molar-refractivity contribution in [3.05, 3.63) is 241 Å². The molecule has 1 spiro atoms. The standard InChI is InChI=1S/C54H36N2/c1-2-15-40(16-3-1)56(41-31-27-37(28-32-41)39-14-13-35-55-36-39)42-33-29-38(30-34-42)43-17-4-5-18-44(43)47-22-12-26-52-53(47)48-21-8-11-25-51(48)54(52)49-23-9-6-19-45(49)46-20-7-10-24-50(46)54/h1-36H. The molecule has 0 bridgehead atoms. The summed E-state index contributed by atoms with van der Waals surface area (Å²) < 4.78 is 0. The van der Waals surface area contributed by atoms with E-state index in [-0.39, 0.29) is 5.41 Å². The van der Waals surface area contributed by atoms with E-state index in [0.717, 1.165) is 28.2 Å². The predicted octanol–water partition coefficient (Wildman–Crippen LogP) is 13.9. The highest BCUT2D eigenvalue weighted by atomic mass is 15.1. The van der Waals surface area contributed by atoms with Gasteiger partial charge < -0.3 is 4.90 Å². The van der Waals surface area contributed by atoms with Gasteiger partial charge in [0.25, 0.3) is 0 Å². The molecule has 0 aliphatic heterocycles. The van der Waals surface area contributed by atoms with Crippen LogP contribution >= 0.6 is 0 Å². The zero-order valence-corrected chi connectivity index (χ0v) is 30.7. The summed E-state index contributed by atoms with van der Waals surface area (Å²) >= 11 is 0. The first-order chi connectivity index (χ1) is 27.8. The number of aromatic nitrogens is 1. The molecule has 2 nitrogen and oxygen atoms in total. The fraction of sp³-hybridized carbons (Fsp3) is 0.0185. The van der Waals surface area contributed by atoms with Gasteiger partial charge in [-0.05, 0) is 120 Å². The summed E-state index contributed by atoms with van der Waals surface area (Å²) in [7, 11) is 0. The molecular formula is C54H36N2. The summed E-state index contributed by atoms with van der Waals surface area (Å²) in [5.74, 6) is 0. The average Bonchev–Trinajstić information content (AvgIpc) is 3.75. The highest BCUT2D eigenvalue weighted by Crippen LogP contribution is 2.64. The van der Waals surface area contributed by atoms with Crippen molar-refractivity contribution in [2.24, 2.45) is 0 Å². The first kappa shape index (κ1) is 32.2. The number of benzene rings is 8. The van der Waals surface area contributed by atoms with Gasteiger partial charge in [-0.1, -0.05) is 164 Å². The molecule has 1 aromatic heterocycles. The number of rotatable bonds is 6. The Balaban J connectivity index is 1.03. The fourth-order valence-corrected chi connectivity index (χ4v) is 9.49. The molecule has 2 aliphatic carbocycles. The van der Waals surface area contributed by atoms with Crippen LogP contribution in [0, 0.1) is 0 Å². The van der Waals surface area contributed by atoms with Crippen molar-refractivity contribution >= 4 is 17.1 Å². The van der Waals surface area contributed by atoms with Crippen LogP contribution in [0.5, 0.6) is 0 Å². The second-order valence-corrected chi connectivity index (χ2v) is 14.7. The molecule has 2 aliphatic rings. The van der Waals surface area contributed by atoms with E-state index in [1.165, 1.54) is 66.8 Å². The zero-order chi connectivity index (χ0) is 37.1. The molecule has 0 radical (unpaired) electrons. The predicted molar refractivity (Wildman–Crippen MR) is 232 cm³/mol. The van der Waals surface area contributed by atoms with Crippen LogP contribution in [0.2, 0.25) is 0 Å². The largest absolute Gasteiger partial charge is 0.311 e. The van der Waals surface area contributed by atoms with E-state index < -0.39 is 0 Å². The Bertz CT molecular complexity index is 2850. The maximum absolute atomic E-state index is 4.32. The summed E-state index contributed by atoms with van der Waals surface area (Å²) in [5.41, 5.74) is 20.8. The van der Waals surface area contributed by atoms with Gasteiger partial charge in [-0.15, -0.1) is 0 Å². The number of pyridine rings is 1. The van der Waals surface area contributed by atoms with E-state index in [2.05, 4.69) is 210 Å². The van der Waals surface area contributed by atoms with Gasteiger partial charge in [0.2, 0.25) is 0 Å². The van der Waals surface area contributed by atoms with Gasteiger partial charge in [-0.25, -0.2) is 0 Å². The number of fused-ring (bicyclic) bond motifs is 10. The van der Waals surface area contributed by atoms with Crippen molar-refractivity contribution in [1.29, 1.82) is 0 Å². The minimum absolute atomic E-state index is 0.372. The first-order valence-electron chi connectivity index (χ1n) is 19.3. The topological polar surface area (TPSA) is 16.1 Å². The Morgan fingerprint density at radius 3 is 1.41 bits per heavy atom. The van der Waals surface area contributed by atoms with E-state index >= 15 is 0 Å². The minimum Gasteiger partial charge on any atom is -0.311 e. The molecule has 0 atom stereocenters. The summed E-state index contributed by atoms with van der Waals surface area (Å²) in [4.78, 5) is 6.64. The highest BCUT2D eigenvalue weighted by Gasteiger charge is 2.52. The van der Waals surface area contributed by atoms with E-state index in [4.69, 9.17) is 0 Å². The van der Waals surface area contributed by atoms with Gasteiger partial charge in [0.05, 0.1) is 5.41 Å². The van der Waals surface area contributed by atoms with Gasteiger partial charge in [0.15, 0.2) is 0 Å². The van der Waals surface area contributed by atoms with Crippen molar-refractivity contribution in [3.63, 3.8) is 0 Å². The Hall–Kier alpha value is -7.29. The number of nitrogens with zero attached hydrogens (tertiary/aromatic N) is 2. The average molecular weight is 713 g/mol. The zero-order valence-electron chi connectivity index (χ0n) is 30.7. The van der Waals surface area contributed by atoms with Gasteiger partial charge in [-0.3, -0.25) is 4.98 Å². The molecule has 56 heavy (non-hydrogen) atoms. The van der Waals surface area contributed by atoms with Gasteiger partial charge in [0.1, 0.15) is 0 Å². The van der Waals surface area contributed by atoms with E-state index in [9.17, 15) is 0 Å². The van der Waals surface area contributed by atoms with Gasteiger partial charge >= 0.3 is 0 Å². The molecule has 2 heteroatoms. The van der Waals surface area contributed by atoms with Gasteiger partial charge in [-0.2, -0.15) is 0 Å². The number of anilines is 3. The Morgan fingerprint density at radius 1 is 0.304 bits per heavy atom. The Labute approximate surface area is 327 Å². The summed E-state index contributed by atoms with van der Waals surface area (Å²) in [6, 6.07) is 75.4. The third kappa shape index (κ3) is 4.79. The van der Waals surface area contributed by atoms with Crippen LogP contribution in [0.15, 0.2) is 219 Å². The van der Waals surface area contributed by atoms with Crippen molar-refractivity contribution in [1.82, 2.24) is 4.98 Å². The van der Waals surface area contributed by atoms with Crippen molar-refractivity contribution < 1.29 is 0 Å². The molecule has 8 aromatic carbocycles. The molecule has 0 saturated carbocycles. The fourth-order valence-electron chi connectivity index (χ4n) is 9.49. The van der Waals surface area contributed by atoms with Crippen molar-refractivity contribution in [2.75, 3.05) is 4.90 Å².